The molecule has 1 N–H and O–H groups in total. The van der Waals surface area contributed by atoms with Gasteiger partial charge in [0.1, 0.15) is 11.6 Å². The van der Waals surface area contributed by atoms with Crippen LogP contribution in [0.25, 0.3) is 0 Å². The molecule has 1 aliphatic rings. The van der Waals surface area contributed by atoms with E-state index in [9.17, 15) is 14.0 Å². The van der Waals surface area contributed by atoms with Crippen LogP contribution in [0, 0.1) is 12.7 Å². The Kier molecular flexibility index (Phi) is 5.71. The van der Waals surface area contributed by atoms with Gasteiger partial charge in [0.25, 0.3) is 5.91 Å². The van der Waals surface area contributed by atoms with E-state index in [1.54, 1.807) is 42.2 Å². The van der Waals surface area contributed by atoms with E-state index < -0.39 is 6.10 Å². The van der Waals surface area contributed by atoms with Crippen LogP contribution in [0.15, 0.2) is 66.7 Å². The average molecular weight is 418 g/mol. The number of amides is 2. The third kappa shape index (κ3) is 4.58. The Balaban J connectivity index is 1.57. The number of carbonyl (C=O) groups is 2. The summed E-state index contributed by atoms with van der Waals surface area (Å²) in [4.78, 5) is 27.0. The van der Waals surface area contributed by atoms with Gasteiger partial charge in [-0.05, 0) is 60.9 Å². The molecule has 1 aliphatic heterocycles. The number of rotatable bonds is 5. The quantitative estimate of drug-likeness (QED) is 0.657. The van der Waals surface area contributed by atoms with E-state index in [1.807, 2.05) is 31.2 Å². The van der Waals surface area contributed by atoms with Crippen molar-refractivity contribution in [2.45, 2.75) is 32.9 Å². The van der Waals surface area contributed by atoms with E-state index in [4.69, 9.17) is 4.74 Å². The minimum absolute atomic E-state index is 0.122. The zero-order chi connectivity index (χ0) is 22.0. The maximum Gasteiger partial charge on any atom is 0.268 e. The van der Waals surface area contributed by atoms with E-state index in [-0.39, 0.29) is 24.1 Å². The third-order valence-corrected chi connectivity index (χ3v) is 5.32. The van der Waals surface area contributed by atoms with Crippen LogP contribution in [-0.2, 0) is 22.6 Å². The lowest BCUT2D eigenvalue weighted by Crippen LogP contribution is -2.44. The lowest BCUT2D eigenvalue weighted by Gasteiger charge is -2.33. The summed E-state index contributed by atoms with van der Waals surface area (Å²) in [7, 11) is 0. The second-order valence-corrected chi connectivity index (χ2v) is 7.64. The highest BCUT2D eigenvalue weighted by Gasteiger charge is 2.32. The molecule has 158 valence electrons. The number of benzene rings is 3. The molecule has 3 aromatic carbocycles. The Bertz CT molecular complexity index is 1130. The number of nitrogens with zero attached hydrogens (tertiary/aromatic N) is 1. The molecular formula is C25H23FN2O3. The Hall–Kier alpha value is -3.67. The van der Waals surface area contributed by atoms with Gasteiger partial charge >= 0.3 is 0 Å². The van der Waals surface area contributed by atoms with E-state index in [1.165, 1.54) is 12.1 Å². The zero-order valence-corrected chi connectivity index (χ0v) is 17.4. The largest absolute Gasteiger partial charge is 0.479 e. The minimum Gasteiger partial charge on any atom is -0.479 e. The van der Waals surface area contributed by atoms with Crippen LogP contribution < -0.4 is 15.0 Å². The number of fused-ring (bicyclic) bond motifs is 1. The second-order valence-electron chi connectivity index (χ2n) is 7.64. The van der Waals surface area contributed by atoms with Crippen molar-refractivity contribution in [1.29, 1.82) is 0 Å². The molecule has 4 rings (SSSR count). The zero-order valence-electron chi connectivity index (χ0n) is 17.4. The number of carbonyl (C=O) groups excluding carboxylic acids is 2. The first-order valence-corrected chi connectivity index (χ1v) is 10.1. The predicted octanol–water partition coefficient (Wildman–Crippen LogP) is 4.63. The summed E-state index contributed by atoms with van der Waals surface area (Å²) < 4.78 is 18.8. The highest BCUT2D eigenvalue weighted by Crippen LogP contribution is 2.37. The van der Waals surface area contributed by atoms with Crippen LogP contribution in [0.2, 0.25) is 0 Å². The topological polar surface area (TPSA) is 58.6 Å². The number of nitrogens with one attached hydrogen (secondary N) is 1. The first-order chi connectivity index (χ1) is 14.9. The molecule has 2 amide bonds. The summed E-state index contributed by atoms with van der Waals surface area (Å²) in [6, 6.07) is 19.0. The van der Waals surface area contributed by atoms with Gasteiger partial charge in [-0.3, -0.25) is 9.59 Å². The lowest BCUT2D eigenvalue weighted by molar-refractivity contribution is -0.125. The first kappa shape index (κ1) is 20.6. The molecule has 0 aliphatic carbocycles. The Morgan fingerprint density at radius 1 is 1.10 bits per heavy atom. The number of halogens is 1. The number of aryl methyl sites for hydroxylation is 1. The normalized spacial score (nSPS) is 15.3. The fourth-order valence-corrected chi connectivity index (χ4v) is 3.60. The monoisotopic (exact) mass is 418 g/mol. The Labute approximate surface area is 180 Å². The molecule has 1 atom stereocenters. The van der Waals surface area contributed by atoms with E-state index >= 15 is 0 Å². The van der Waals surface area contributed by atoms with Crippen molar-refractivity contribution in [2.24, 2.45) is 0 Å². The lowest BCUT2D eigenvalue weighted by atomic mass is 10.1. The highest BCUT2D eigenvalue weighted by molar-refractivity contribution is 6.01. The molecule has 0 saturated carbocycles. The molecular weight excluding hydrogens is 395 g/mol. The molecule has 5 nitrogen and oxygen atoms in total. The molecule has 1 heterocycles. The Morgan fingerprint density at radius 3 is 2.58 bits per heavy atom. The highest BCUT2D eigenvalue weighted by atomic mass is 19.1. The number of anilines is 2. The number of hydrogen-bond acceptors (Lipinski definition) is 3. The minimum atomic E-state index is -0.588. The number of hydrogen-bond donors (Lipinski definition) is 1. The van der Waals surface area contributed by atoms with Gasteiger partial charge in [0, 0.05) is 5.69 Å². The summed E-state index contributed by atoms with van der Waals surface area (Å²) in [5, 5.41) is 2.85. The van der Waals surface area contributed by atoms with Crippen molar-refractivity contribution in [3.63, 3.8) is 0 Å². The molecule has 0 saturated heterocycles. The molecule has 0 radical (unpaired) electrons. The van der Waals surface area contributed by atoms with Crippen molar-refractivity contribution in [1.82, 2.24) is 0 Å². The van der Waals surface area contributed by atoms with Gasteiger partial charge in [0.15, 0.2) is 6.10 Å². The van der Waals surface area contributed by atoms with Crippen LogP contribution in [0.5, 0.6) is 5.75 Å². The molecule has 1 unspecified atom stereocenters. The van der Waals surface area contributed by atoms with Gasteiger partial charge in [-0.2, -0.15) is 0 Å². The summed E-state index contributed by atoms with van der Waals surface area (Å²) in [5.41, 5.74) is 4.03. The average Bonchev–Trinajstić information content (AvgIpc) is 2.75. The first-order valence-electron chi connectivity index (χ1n) is 10.1. The number of ether oxygens (including phenoxy) is 1. The summed E-state index contributed by atoms with van der Waals surface area (Å²) in [6.45, 7) is 4.16. The van der Waals surface area contributed by atoms with Gasteiger partial charge in [-0.15, -0.1) is 0 Å². The molecule has 3 aromatic rings. The van der Waals surface area contributed by atoms with E-state index in [0.717, 1.165) is 11.1 Å². The SMILES string of the molecule is Cc1ccccc1CN1C(=O)C(C)Oc2ccc(NC(=O)Cc3ccc(F)cc3)cc21. The standard InChI is InChI=1S/C25H23FN2O3/c1-16-5-3-4-6-19(16)15-28-22-14-21(11-12-23(22)31-17(2)25(28)30)27-24(29)13-18-7-9-20(26)10-8-18/h3-12,14,17H,13,15H2,1-2H3,(H,27,29). The van der Waals surface area contributed by atoms with Crippen molar-refractivity contribution >= 4 is 23.2 Å². The van der Waals surface area contributed by atoms with Crippen molar-refractivity contribution in [3.05, 3.63) is 89.2 Å². The fourth-order valence-electron chi connectivity index (χ4n) is 3.60. The summed E-state index contributed by atoms with van der Waals surface area (Å²) in [5.74, 6) is -0.109. The van der Waals surface area contributed by atoms with Crippen LogP contribution in [0.4, 0.5) is 15.8 Å². The fraction of sp³-hybridized carbons (Fsp3) is 0.200. The maximum atomic E-state index is 13.1. The van der Waals surface area contributed by atoms with Crippen molar-refractivity contribution in [3.8, 4) is 5.75 Å². The molecule has 0 aromatic heterocycles. The molecule has 0 spiro atoms. The van der Waals surface area contributed by atoms with Gasteiger partial charge in [-0.25, -0.2) is 4.39 Å². The predicted molar refractivity (Wildman–Crippen MR) is 118 cm³/mol. The Morgan fingerprint density at radius 2 is 1.84 bits per heavy atom. The van der Waals surface area contributed by atoms with Gasteiger partial charge in [0.05, 0.1) is 18.7 Å². The van der Waals surface area contributed by atoms with Crippen LogP contribution >= 0.6 is 0 Å². The van der Waals surface area contributed by atoms with Crippen LogP contribution in [0.1, 0.15) is 23.6 Å². The molecule has 0 bridgehead atoms. The smallest absolute Gasteiger partial charge is 0.268 e. The molecule has 6 heteroatoms. The second kappa shape index (κ2) is 8.60. The van der Waals surface area contributed by atoms with Gasteiger partial charge < -0.3 is 15.0 Å². The maximum absolute atomic E-state index is 13.1. The van der Waals surface area contributed by atoms with Gasteiger partial charge in [-0.1, -0.05) is 36.4 Å². The summed E-state index contributed by atoms with van der Waals surface area (Å²) in [6.07, 6.45) is -0.466. The van der Waals surface area contributed by atoms with Crippen LogP contribution in [0.3, 0.4) is 0 Å². The van der Waals surface area contributed by atoms with Crippen molar-refractivity contribution < 1.29 is 18.7 Å². The van der Waals surface area contributed by atoms with Crippen LogP contribution in [-0.4, -0.2) is 17.9 Å². The van der Waals surface area contributed by atoms with Crippen molar-refractivity contribution in [2.75, 3.05) is 10.2 Å². The van der Waals surface area contributed by atoms with E-state index in [0.29, 0.717) is 29.2 Å². The van der Waals surface area contributed by atoms with E-state index in [2.05, 4.69) is 5.32 Å². The van der Waals surface area contributed by atoms with Gasteiger partial charge in [0.2, 0.25) is 5.91 Å². The third-order valence-electron chi connectivity index (χ3n) is 5.32. The molecule has 0 fully saturated rings. The molecule has 31 heavy (non-hydrogen) atoms. The summed E-state index contributed by atoms with van der Waals surface area (Å²) >= 11 is 0.